The summed E-state index contributed by atoms with van der Waals surface area (Å²) in [7, 11) is 0. The minimum atomic E-state index is -0.211. The van der Waals surface area contributed by atoms with Crippen molar-refractivity contribution in [3.63, 3.8) is 0 Å². The van der Waals surface area contributed by atoms with Gasteiger partial charge >= 0.3 is 0 Å². The monoisotopic (exact) mass is 366 g/mol. The van der Waals surface area contributed by atoms with E-state index in [4.69, 9.17) is 10.00 Å². The van der Waals surface area contributed by atoms with Crippen LogP contribution in [0.25, 0.3) is 0 Å². The molecule has 0 unspecified atom stereocenters. The fourth-order valence-corrected chi connectivity index (χ4v) is 4.83. The van der Waals surface area contributed by atoms with Crippen LogP contribution in [0, 0.1) is 18.3 Å². The highest BCUT2D eigenvalue weighted by Crippen LogP contribution is 2.33. The van der Waals surface area contributed by atoms with Crippen molar-refractivity contribution in [1.29, 1.82) is 5.26 Å². The van der Waals surface area contributed by atoms with Crippen LogP contribution >= 0.6 is 34.4 Å². The molecule has 1 aliphatic rings. The molecule has 2 aromatic rings. The van der Waals surface area contributed by atoms with E-state index in [2.05, 4.69) is 21.4 Å². The van der Waals surface area contributed by atoms with Crippen LogP contribution in [0.4, 0.5) is 5.13 Å². The highest BCUT2D eigenvalue weighted by molar-refractivity contribution is 8.01. The Morgan fingerprint density at radius 2 is 2.48 bits per heavy atom. The summed E-state index contributed by atoms with van der Waals surface area (Å²) in [6.07, 6.45) is 3.60. The molecule has 120 valence electrons. The van der Waals surface area contributed by atoms with E-state index in [9.17, 15) is 4.79 Å². The van der Waals surface area contributed by atoms with Gasteiger partial charge in [0.05, 0.1) is 27.9 Å². The average molecular weight is 366 g/mol. The molecule has 0 aromatic carbocycles. The van der Waals surface area contributed by atoms with Crippen molar-refractivity contribution >= 4 is 45.5 Å². The molecule has 23 heavy (non-hydrogen) atoms. The summed E-state index contributed by atoms with van der Waals surface area (Å²) < 4.78 is 6.53. The van der Waals surface area contributed by atoms with Crippen molar-refractivity contribution in [3.05, 3.63) is 21.8 Å². The highest BCUT2D eigenvalue weighted by atomic mass is 32.2. The van der Waals surface area contributed by atoms with Crippen LogP contribution in [0.3, 0.4) is 0 Å². The molecular formula is C14H14N4O2S3. The van der Waals surface area contributed by atoms with Gasteiger partial charge in [-0.25, -0.2) is 9.97 Å². The first kappa shape index (κ1) is 16.4. The zero-order valence-electron chi connectivity index (χ0n) is 12.4. The summed E-state index contributed by atoms with van der Waals surface area (Å²) in [6.45, 7) is 2.63. The Morgan fingerprint density at radius 1 is 1.61 bits per heavy atom. The Labute approximate surface area is 145 Å². The van der Waals surface area contributed by atoms with Crippen molar-refractivity contribution in [1.82, 2.24) is 9.97 Å². The lowest BCUT2D eigenvalue weighted by Crippen LogP contribution is -2.09. The van der Waals surface area contributed by atoms with E-state index in [1.54, 1.807) is 6.20 Å². The van der Waals surface area contributed by atoms with Gasteiger partial charge in [0.1, 0.15) is 16.0 Å². The Bertz CT molecular complexity index is 744. The summed E-state index contributed by atoms with van der Waals surface area (Å²) in [5.41, 5.74) is 0.829. The molecule has 1 amide bonds. The number of carbonyl (C=O) groups excluding carboxylic acids is 1. The van der Waals surface area contributed by atoms with Crippen LogP contribution in [-0.2, 0) is 4.74 Å². The molecule has 3 rings (SSSR count). The van der Waals surface area contributed by atoms with Gasteiger partial charge in [0.25, 0.3) is 5.91 Å². The van der Waals surface area contributed by atoms with Gasteiger partial charge in [-0.1, -0.05) is 23.1 Å². The first-order valence-electron chi connectivity index (χ1n) is 7.03. The largest absolute Gasteiger partial charge is 0.371 e. The van der Waals surface area contributed by atoms with Crippen LogP contribution in [-0.4, -0.2) is 28.2 Å². The Hall–Kier alpha value is -1.47. The van der Waals surface area contributed by atoms with E-state index in [-0.39, 0.29) is 12.0 Å². The summed E-state index contributed by atoms with van der Waals surface area (Å²) in [5, 5.41) is 12.8. The molecule has 1 saturated heterocycles. The number of aromatic nitrogens is 2. The first-order chi connectivity index (χ1) is 11.2. The van der Waals surface area contributed by atoms with Gasteiger partial charge in [-0.2, -0.15) is 5.26 Å². The molecule has 1 aliphatic heterocycles. The summed E-state index contributed by atoms with van der Waals surface area (Å²) in [4.78, 5) is 21.5. The topological polar surface area (TPSA) is 87.9 Å². The number of amides is 1. The maximum Gasteiger partial charge on any atom is 0.269 e. The molecule has 0 bridgehead atoms. The number of hydrogen-bond donors (Lipinski definition) is 1. The third-order valence-corrected chi connectivity index (χ3v) is 6.59. The van der Waals surface area contributed by atoms with E-state index < -0.39 is 0 Å². The smallest absolute Gasteiger partial charge is 0.269 e. The number of aryl methyl sites for hydroxylation is 1. The fraction of sp³-hybridized carbons (Fsp3) is 0.429. The predicted molar refractivity (Wildman–Crippen MR) is 91.2 cm³/mol. The average Bonchev–Trinajstić information content (AvgIpc) is 3.26. The maximum atomic E-state index is 12.3. The van der Waals surface area contributed by atoms with Crippen molar-refractivity contribution in [2.45, 2.75) is 30.1 Å². The van der Waals surface area contributed by atoms with Gasteiger partial charge in [0.2, 0.25) is 0 Å². The van der Waals surface area contributed by atoms with E-state index >= 15 is 0 Å². The lowest BCUT2D eigenvalue weighted by Gasteiger charge is -2.03. The summed E-state index contributed by atoms with van der Waals surface area (Å²) in [6, 6.07) is 2.08. The molecule has 0 radical (unpaired) electrons. The summed E-state index contributed by atoms with van der Waals surface area (Å²) in [5.74, 6) is 0.160. The van der Waals surface area contributed by atoms with Crippen molar-refractivity contribution in [2.75, 3.05) is 17.7 Å². The number of nitrogens with one attached hydrogen (secondary N) is 1. The lowest BCUT2D eigenvalue weighted by molar-refractivity contribution is 0.103. The van der Waals surface area contributed by atoms with Gasteiger partial charge in [-0.3, -0.25) is 10.1 Å². The SMILES string of the molecule is Cc1nc(NC(=O)c2cnc([C@@H]3CCCO3)s2)sc1SCC#N. The molecule has 0 saturated carbocycles. The van der Waals surface area contributed by atoms with E-state index in [1.165, 1.54) is 34.4 Å². The first-order valence-corrected chi connectivity index (χ1v) is 9.65. The minimum absolute atomic E-state index is 0.0256. The molecule has 1 fully saturated rings. The third kappa shape index (κ3) is 3.90. The van der Waals surface area contributed by atoms with Crippen LogP contribution in [0.1, 0.15) is 39.3 Å². The van der Waals surface area contributed by atoms with Crippen molar-refractivity contribution in [3.8, 4) is 6.07 Å². The fourth-order valence-electron chi connectivity index (χ4n) is 2.14. The number of ether oxygens (including phenoxy) is 1. The predicted octanol–water partition coefficient (Wildman–Crippen LogP) is 3.63. The number of carbonyl (C=O) groups is 1. The number of nitriles is 1. The van der Waals surface area contributed by atoms with Gasteiger partial charge < -0.3 is 4.74 Å². The quantitative estimate of drug-likeness (QED) is 0.813. The molecule has 1 N–H and O–H groups in total. The zero-order valence-corrected chi connectivity index (χ0v) is 14.8. The Kier molecular flexibility index (Phi) is 5.27. The molecule has 0 spiro atoms. The second-order valence-electron chi connectivity index (χ2n) is 4.86. The van der Waals surface area contributed by atoms with Crippen molar-refractivity contribution in [2.24, 2.45) is 0 Å². The maximum absolute atomic E-state index is 12.3. The van der Waals surface area contributed by atoms with E-state index in [0.717, 1.165) is 34.4 Å². The number of hydrogen-bond acceptors (Lipinski definition) is 8. The van der Waals surface area contributed by atoms with Crippen LogP contribution in [0.5, 0.6) is 0 Å². The summed E-state index contributed by atoms with van der Waals surface area (Å²) >= 11 is 4.17. The van der Waals surface area contributed by atoms with Crippen LogP contribution in [0.15, 0.2) is 10.4 Å². The molecule has 3 heterocycles. The lowest BCUT2D eigenvalue weighted by atomic mass is 10.2. The second-order valence-corrected chi connectivity index (χ2v) is 8.16. The molecule has 9 heteroatoms. The third-order valence-electron chi connectivity index (χ3n) is 3.19. The van der Waals surface area contributed by atoms with E-state index in [0.29, 0.717) is 15.8 Å². The molecule has 0 aliphatic carbocycles. The number of thiazole rings is 2. The van der Waals surface area contributed by atoms with E-state index in [1.807, 2.05) is 6.92 Å². The normalized spacial score (nSPS) is 17.1. The Morgan fingerprint density at radius 3 is 3.22 bits per heavy atom. The number of rotatable bonds is 5. The molecule has 2 aromatic heterocycles. The zero-order chi connectivity index (χ0) is 16.2. The number of nitrogens with zero attached hydrogens (tertiary/aromatic N) is 3. The second kappa shape index (κ2) is 7.40. The number of thioether (sulfide) groups is 1. The van der Waals surface area contributed by atoms with Crippen LogP contribution < -0.4 is 5.32 Å². The molecular weight excluding hydrogens is 352 g/mol. The van der Waals surface area contributed by atoms with Gasteiger partial charge in [0.15, 0.2) is 5.13 Å². The van der Waals surface area contributed by atoms with Crippen LogP contribution in [0.2, 0.25) is 0 Å². The van der Waals surface area contributed by atoms with Gasteiger partial charge in [0, 0.05) is 6.61 Å². The van der Waals surface area contributed by atoms with Crippen molar-refractivity contribution < 1.29 is 9.53 Å². The van der Waals surface area contributed by atoms with Gasteiger partial charge in [-0.15, -0.1) is 11.3 Å². The molecule has 1 atom stereocenters. The van der Waals surface area contributed by atoms with Gasteiger partial charge in [-0.05, 0) is 19.8 Å². The highest BCUT2D eigenvalue weighted by Gasteiger charge is 2.22. The minimum Gasteiger partial charge on any atom is -0.371 e. The Balaban J connectivity index is 1.66. The number of anilines is 1. The standard InChI is InChI=1S/C14H14N4O2S3/c1-8-13(21-6-4-15)23-14(17-8)18-11(19)10-7-16-12(22-10)9-3-2-5-20-9/h7,9H,2-3,5-6H2,1H3,(H,17,18,19)/t9-/m0/s1. The molecule has 6 nitrogen and oxygen atoms in total.